The molecule has 0 radical (unpaired) electrons. The molecular formula is C9H21NO2. The van der Waals surface area contributed by atoms with Crippen molar-refractivity contribution in [1.29, 1.82) is 0 Å². The Hall–Kier alpha value is -0.120. The minimum absolute atomic E-state index is 0.429. The van der Waals surface area contributed by atoms with Crippen LogP contribution >= 0.6 is 0 Å². The molecule has 0 heterocycles. The fraction of sp³-hybridized carbons (Fsp3) is 1.00. The minimum atomic E-state index is 0.429. The number of rotatable bonds is 8. The third kappa shape index (κ3) is 9.88. The van der Waals surface area contributed by atoms with E-state index in [4.69, 9.17) is 9.47 Å². The maximum atomic E-state index is 5.19. The summed E-state index contributed by atoms with van der Waals surface area (Å²) in [7, 11) is 0. The van der Waals surface area contributed by atoms with Crippen LogP contribution < -0.4 is 5.32 Å². The summed E-state index contributed by atoms with van der Waals surface area (Å²) in [6, 6.07) is 0.567. The van der Waals surface area contributed by atoms with Crippen molar-refractivity contribution in [2.75, 3.05) is 26.6 Å². The lowest BCUT2D eigenvalue weighted by Gasteiger charge is -2.07. The molecule has 0 rings (SSSR count). The number of nitrogens with one attached hydrogen (secondary N) is 1. The lowest BCUT2D eigenvalue weighted by Crippen LogP contribution is -2.24. The van der Waals surface area contributed by atoms with Crippen LogP contribution in [0.1, 0.15) is 27.2 Å². The lowest BCUT2D eigenvalue weighted by atomic mass is 10.3. The van der Waals surface area contributed by atoms with Crippen molar-refractivity contribution in [1.82, 2.24) is 5.32 Å². The molecule has 12 heavy (non-hydrogen) atoms. The van der Waals surface area contributed by atoms with Gasteiger partial charge in [-0.15, -0.1) is 0 Å². The third-order valence-electron chi connectivity index (χ3n) is 1.39. The molecule has 0 unspecified atom stereocenters. The van der Waals surface area contributed by atoms with Crippen molar-refractivity contribution < 1.29 is 9.47 Å². The van der Waals surface area contributed by atoms with Gasteiger partial charge >= 0.3 is 0 Å². The Morgan fingerprint density at radius 1 is 1.25 bits per heavy atom. The van der Waals surface area contributed by atoms with E-state index in [1.54, 1.807) is 0 Å². The largest absolute Gasteiger partial charge is 0.356 e. The van der Waals surface area contributed by atoms with E-state index >= 15 is 0 Å². The van der Waals surface area contributed by atoms with Crippen molar-refractivity contribution in [3.05, 3.63) is 0 Å². The molecule has 0 aromatic rings. The first-order valence-corrected chi connectivity index (χ1v) is 4.66. The highest BCUT2D eigenvalue weighted by Gasteiger charge is 1.91. The second kappa shape index (κ2) is 8.97. The topological polar surface area (TPSA) is 30.5 Å². The lowest BCUT2D eigenvalue weighted by molar-refractivity contribution is -0.0497. The van der Waals surface area contributed by atoms with Crippen LogP contribution in [0.4, 0.5) is 0 Å². The van der Waals surface area contributed by atoms with Crippen LogP contribution in [0.3, 0.4) is 0 Å². The molecule has 0 aliphatic rings. The van der Waals surface area contributed by atoms with E-state index in [1.807, 2.05) is 6.92 Å². The molecule has 0 aromatic heterocycles. The standard InChI is InChI=1S/C9H21NO2/c1-4-11-8-12-7-5-6-10-9(2)3/h9-10H,4-8H2,1-3H3. The Morgan fingerprint density at radius 3 is 2.58 bits per heavy atom. The maximum absolute atomic E-state index is 5.19. The molecule has 3 heteroatoms. The molecule has 0 fully saturated rings. The number of hydrogen-bond donors (Lipinski definition) is 1. The molecule has 0 saturated heterocycles. The van der Waals surface area contributed by atoms with Gasteiger partial charge in [0.05, 0.1) is 6.61 Å². The van der Waals surface area contributed by atoms with Crippen molar-refractivity contribution in [2.24, 2.45) is 0 Å². The van der Waals surface area contributed by atoms with Gasteiger partial charge in [-0.25, -0.2) is 0 Å². The van der Waals surface area contributed by atoms with E-state index in [1.165, 1.54) is 0 Å². The fourth-order valence-corrected chi connectivity index (χ4v) is 0.766. The second-order valence-electron chi connectivity index (χ2n) is 2.98. The van der Waals surface area contributed by atoms with Gasteiger partial charge in [0.15, 0.2) is 0 Å². The van der Waals surface area contributed by atoms with Crippen molar-refractivity contribution in [3.8, 4) is 0 Å². The van der Waals surface area contributed by atoms with Gasteiger partial charge < -0.3 is 14.8 Å². The molecule has 3 nitrogen and oxygen atoms in total. The summed E-state index contributed by atoms with van der Waals surface area (Å²) in [5.41, 5.74) is 0. The first-order chi connectivity index (χ1) is 5.77. The van der Waals surface area contributed by atoms with Crippen LogP contribution in [-0.2, 0) is 9.47 Å². The molecule has 0 aliphatic carbocycles. The molecule has 0 aromatic carbocycles. The highest BCUT2D eigenvalue weighted by molar-refractivity contribution is 4.51. The predicted octanol–water partition coefficient (Wildman–Crippen LogP) is 1.39. The van der Waals surface area contributed by atoms with Gasteiger partial charge in [0, 0.05) is 12.6 Å². The van der Waals surface area contributed by atoms with E-state index < -0.39 is 0 Å². The van der Waals surface area contributed by atoms with Gasteiger partial charge in [0.25, 0.3) is 0 Å². The van der Waals surface area contributed by atoms with Crippen LogP contribution in [0.2, 0.25) is 0 Å². The molecule has 0 atom stereocenters. The molecule has 0 aliphatic heterocycles. The summed E-state index contributed by atoms with van der Waals surface area (Å²) in [4.78, 5) is 0. The van der Waals surface area contributed by atoms with Gasteiger partial charge in [-0.1, -0.05) is 13.8 Å². The summed E-state index contributed by atoms with van der Waals surface area (Å²) in [5.74, 6) is 0. The Kier molecular flexibility index (Phi) is 8.88. The number of hydrogen-bond acceptors (Lipinski definition) is 3. The monoisotopic (exact) mass is 175 g/mol. The molecule has 0 spiro atoms. The second-order valence-corrected chi connectivity index (χ2v) is 2.98. The van der Waals surface area contributed by atoms with Crippen LogP contribution in [0.15, 0.2) is 0 Å². The SMILES string of the molecule is CCOCOCCCNC(C)C. The summed E-state index contributed by atoms with van der Waals surface area (Å²) in [6.07, 6.45) is 1.05. The zero-order valence-corrected chi connectivity index (χ0v) is 8.43. The zero-order valence-electron chi connectivity index (χ0n) is 8.43. The quantitative estimate of drug-likeness (QED) is 0.446. The van der Waals surface area contributed by atoms with Gasteiger partial charge in [-0.05, 0) is 19.9 Å². The first kappa shape index (κ1) is 11.9. The van der Waals surface area contributed by atoms with Crippen molar-refractivity contribution in [2.45, 2.75) is 33.2 Å². The fourth-order valence-electron chi connectivity index (χ4n) is 0.766. The molecular weight excluding hydrogens is 154 g/mol. The summed E-state index contributed by atoms with van der Waals surface area (Å²) in [6.45, 7) is 9.19. The Balaban J connectivity index is 2.82. The van der Waals surface area contributed by atoms with Crippen molar-refractivity contribution >= 4 is 0 Å². The Morgan fingerprint density at radius 2 is 2.00 bits per heavy atom. The van der Waals surface area contributed by atoms with Gasteiger partial charge in [0.2, 0.25) is 0 Å². The Labute approximate surface area is 75.4 Å². The first-order valence-electron chi connectivity index (χ1n) is 4.66. The van der Waals surface area contributed by atoms with E-state index in [0.717, 1.165) is 26.2 Å². The van der Waals surface area contributed by atoms with Crippen molar-refractivity contribution in [3.63, 3.8) is 0 Å². The van der Waals surface area contributed by atoms with Crippen LogP contribution in [-0.4, -0.2) is 32.6 Å². The van der Waals surface area contributed by atoms with E-state index in [2.05, 4.69) is 19.2 Å². The number of ether oxygens (including phenoxy) is 2. The van der Waals surface area contributed by atoms with Gasteiger partial charge in [0.1, 0.15) is 6.79 Å². The summed E-state index contributed by atoms with van der Waals surface area (Å²) in [5, 5.41) is 3.32. The van der Waals surface area contributed by atoms with Crippen LogP contribution in [0, 0.1) is 0 Å². The zero-order chi connectivity index (χ0) is 9.23. The Bertz CT molecular complexity index is 86.6. The van der Waals surface area contributed by atoms with E-state index in [0.29, 0.717) is 12.8 Å². The molecule has 0 bridgehead atoms. The average molecular weight is 175 g/mol. The molecule has 0 amide bonds. The van der Waals surface area contributed by atoms with E-state index in [9.17, 15) is 0 Å². The highest BCUT2D eigenvalue weighted by atomic mass is 16.7. The van der Waals surface area contributed by atoms with Crippen LogP contribution in [0.5, 0.6) is 0 Å². The van der Waals surface area contributed by atoms with Gasteiger partial charge in [-0.3, -0.25) is 0 Å². The third-order valence-corrected chi connectivity index (χ3v) is 1.39. The van der Waals surface area contributed by atoms with Gasteiger partial charge in [-0.2, -0.15) is 0 Å². The predicted molar refractivity (Wildman–Crippen MR) is 50.2 cm³/mol. The molecule has 74 valence electrons. The van der Waals surface area contributed by atoms with Crippen LogP contribution in [0.25, 0.3) is 0 Å². The average Bonchev–Trinajstić information content (AvgIpc) is 2.02. The highest BCUT2D eigenvalue weighted by Crippen LogP contribution is 1.84. The van der Waals surface area contributed by atoms with E-state index in [-0.39, 0.29) is 0 Å². The molecule has 0 saturated carbocycles. The summed E-state index contributed by atoms with van der Waals surface area (Å²) < 4.78 is 10.2. The smallest absolute Gasteiger partial charge is 0.146 e. The molecule has 1 N–H and O–H groups in total. The summed E-state index contributed by atoms with van der Waals surface area (Å²) >= 11 is 0. The normalized spacial score (nSPS) is 11.0. The minimum Gasteiger partial charge on any atom is -0.356 e. The maximum Gasteiger partial charge on any atom is 0.146 e.